The second-order valence-electron chi connectivity index (χ2n) is 3.79. The van der Waals surface area contributed by atoms with Crippen LogP contribution in [0, 0.1) is 6.92 Å². The molecule has 9 heteroatoms. The third-order valence-electron chi connectivity index (χ3n) is 2.29. The summed E-state index contributed by atoms with van der Waals surface area (Å²) in [4.78, 5) is 27.1. The van der Waals surface area contributed by atoms with Crippen LogP contribution in [-0.4, -0.2) is 22.6 Å². The number of primary amides is 1. The lowest BCUT2D eigenvalue weighted by Gasteiger charge is -2.03. The first-order valence-electron chi connectivity index (χ1n) is 5.50. The lowest BCUT2D eigenvalue weighted by Crippen LogP contribution is -2.17. The summed E-state index contributed by atoms with van der Waals surface area (Å²) in [7, 11) is 0. The van der Waals surface area contributed by atoms with Gasteiger partial charge in [-0.2, -0.15) is 0 Å². The molecule has 0 saturated carbocycles. The van der Waals surface area contributed by atoms with Crippen molar-refractivity contribution in [2.75, 3.05) is 16.8 Å². The van der Waals surface area contributed by atoms with E-state index in [1.165, 1.54) is 34.4 Å². The molecule has 0 spiro atoms. The average Bonchev–Trinajstić information content (AvgIpc) is 2.93. The average molecular weight is 328 g/mol. The summed E-state index contributed by atoms with van der Waals surface area (Å²) >= 11 is 3.98. The summed E-state index contributed by atoms with van der Waals surface area (Å²) < 4.78 is 0.916. The van der Waals surface area contributed by atoms with Crippen molar-refractivity contribution in [3.63, 3.8) is 0 Å². The maximum atomic E-state index is 11.9. The van der Waals surface area contributed by atoms with Crippen molar-refractivity contribution in [2.24, 2.45) is 5.73 Å². The van der Waals surface area contributed by atoms with Gasteiger partial charge in [-0.3, -0.25) is 9.59 Å². The monoisotopic (exact) mass is 328 g/mol. The van der Waals surface area contributed by atoms with Crippen LogP contribution in [-0.2, 0) is 4.79 Å². The zero-order chi connectivity index (χ0) is 14.7. The van der Waals surface area contributed by atoms with E-state index in [1.807, 2.05) is 6.92 Å². The largest absolute Gasteiger partial charge is 0.375 e. The van der Waals surface area contributed by atoms with Crippen LogP contribution in [0.25, 0.3) is 0 Å². The molecule has 2 heterocycles. The number of nitrogens with one attached hydrogen (secondary N) is 1. The Morgan fingerprint density at radius 2 is 2.25 bits per heavy atom. The van der Waals surface area contributed by atoms with Crippen molar-refractivity contribution in [1.29, 1.82) is 0 Å². The molecule has 0 aliphatic heterocycles. The summed E-state index contributed by atoms with van der Waals surface area (Å²) in [6, 6.07) is 1.59. The molecule has 2 amide bonds. The molecule has 2 aromatic heterocycles. The van der Waals surface area contributed by atoms with Crippen LogP contribution in [0.15, 0.2) is 15.7 Å². The van der Waals surface area contributed by atoms with E-state index in [0.29, 0.717) is 15.7 Å². The van der Waals surface area contributed by atoms with Gasteiger partial charge >= 0.3 is 0 Å². The van der Waals surface area contributed by atoms with E-state index < -0.39 is 5.91 Å². The zero-order valence-electron chi connectivity index (χ0n) is 10.5. The van der Waals surface area contributed by atoms with E-state index in [4.69, 9.17) is 11.5 Å². The minimum absolute atomic E-state index is 0.202. The van der Waals surface area contributed by atoms with Gasteiger partial charge in [-0.1, -0.05) is 11.3 Å². The Hall–Kier alpha value is -1.58. The third-order valence-corrected chi connectivity index (χ3v) is 5.47. The number of rotatable bonds is 5. The van der Waals surface area contributed by atoms with Gasteiger partial charge in [0.15, 0.2) is 5.13 Å². The van der Waals surface area contributed by atoms with Gasteiger partial charge in [0.2, 0.25) is 5.91 Å². The maximum absolute atomic E-state index is 11.9. The van der Waals surface area contributed by atoms with E-state index in [0.717, 1.165) is 9.90 Å². The molecule has 0 saturated heterocycles. The smallest absolute Gasteiger partial charge is 0.251 e. The van der Waals surface area contributed by atoms with Gasteiger partial charge in [0.25, 0.3) is 5.91 Å². The van der Waals surface area contributed by atoms with Crippen LogP contribution >= 0.6 is 34.4 Å². The summed E-state index contributed by atoms with van der Waals surface area (Å²) in [5.41, 5.74) is 11.9. The Labute approximate surface area is 127 Å². The Kier molecular flexibility index (Phi) is 4.63. The normalized spacial score (nSPS) is 10.4. The Morgan fingerprint density at radius 1 is 1.50 bits per heavy atom. The number of thioether (sulfide) groups is 1. The molecule has 2 aromatic rings. The molecule has 5 N–H and O–H groups in total. The fourth-order valence-electron chi connectivity index (χ4n) is 1.43. The fraction of sp³-hybridized carbons (Fsp3) is 0.182. The molecule has 0 aliphatic carbocycles. The summed E-state index contributed by atoms with van der Waals surface area (Å²) in [6.07, 6.45) is 0. The number of carbonyl (C=O) groups excluding carboxylic acids is 2. The van der Waals surface area contributed by atoms with Gasteiger partial charge < -0.3 is 16.8 Å². The van der Waals surface area contributed by atoms with Gasteiger partial charge in [0.1, 0.15) is 5.00 Å². The number of nitrogens with two attached hydrogens (primary N) is 2. The molecule has 0 unspecified atom stereocenters. The number of aromatic nitrogens is 1. The van der Waals surface area contributed by atoms with E-state index in [-0.39, 0.29) is 11.7 Å². The Morgan fingerprint density at radius 3 is 2.85 bits per heavy atom. The number of nitrogen functional groups attached to an aromatic ring is 1. The van der Waals surface area contributed by atoms with Crippen molar-refractivity contribution in [3.05, 3.63) is 22.7 Å². The second-order valence-corrected chi connectivity index (χ2v) is 6.98. The summed E-state index contributed by atoms with van der Waals surface area (Å²) in [5.74, 6) is -0.537. The first-order valence-corrected chi connectivity index (χ1v) is 8.18. The Bertz CT molecular complexity index is 650. The van der Waals surface area contributed by atoms with Gasteiger partial charge in [-0.05, 0) is 18.4 Å². The molecule has 0 fully saturated rings. The number of thiazole rings is 1. The van der Waals surface area contributed by atoms with Crippen LogP contribution < -0.4 is 16.8 Å². The summed E-state index contributed by atoms with van der Waals surface area (Å²) in [5, 5.41) is 5.35. The van der Waals surface area contributed by atoms with Crippen molar-refractivity contribution in [2.45, 2.75) is 11.1 Å². The second kappa shape index (κ2) is 6.25. The molecule has 0 aromatic carbocycles. The van der Waals surface area contributed by atoms with E-state index >= 15 is 0 Å². The predicted octanol–water partition coefficient (Wildman–Crippen LogP) is 1.92. The zero-order valence-corrected chi connectivity index (χ0v) is 13.0. The number of thiophene rings is 1. The molecule has 2 rings (SSSR count). The molecule has 0 radical (unpaired) electrons. The first kappa shape index (κ1) is 14.8. The van der Waals surface area contributed by atoms with Crippen LogP contribution in [0.5, 0.6) is 0 Å². The topological polar surface area (TPSA) is 111 Å². The molecule has 20 heavy (non-hydrogen) atoms. The summed E-state index contributed by atoms with van der Waals surface area (Å²) in [6.45, 7) is 1.84. The van der Waals surface area contributed by atoms with Gasteiger partial charge in [-0.15, -0.1) is 23.1 Å². The van der Waals surface area contributed by atoms with Crippen LogP contribution in [0.3, 0.4) is 0 Å². The standard InChI is InChI=1S/C11H12N4O2S3/c1-5-10(20-11(13)14-5)19-4-7(16)15-9-6(8(12)17)2-3-18-9/h2-3H,4H2,1H3,(H2,12,17)(H2,13,14)(H,15,16). The van der Waals surface area contributed by atoms with Crippen LogP contribution in [0.4, 0.5) is 10.1 Å². The molecular weight excluding hydrogens is 316 g/mol. The number of amides is 2. The van der Waals surface area contributed by atoms with Crippen LogP contribution in [0.2, 0.25) is 0 Å². The molecule has 6 nitrogen and oxygen atoms in total. The molecular formula is C11H12N4O2S3. The highest BCUT2D eigenvalue weighted by atomic mass is 32.2. The third kappa shape index (κ3) is 3.50. The van der Waals surface area contributed by atoms with Crippen molar-refractivity contribution in [3.8, 4) is 0 Å². The minimum atomic E-state index is -0.555. The molecule has 106 valence electrons. The van der Waals surface area contributed by atoms with Crippen molar-refractivity contribution in [1.82, 2.24) is 4.98 Å². The quantitative estimate of drug-likeness (QED) is 0.726. The molecule has 0 bridgehead atoms. The van der Waals surface area contributed by atoms with E-state index in [1.54, 1.807) is 11.4 Å². The van der Waals surface area contributed by atoms with Gasteiger partial charge in [-0.25, -0.2) is 4.98 Å². The maximum Gasteiger partial charge on any atom is 0.251 e. The van der Waals surface area contributed by atoms with Gasteiger partial charge in [0.05, 0.1) is 21.2 Å². The number of anilines is 2. The molecule has 0 atom stereocenters. The number of aryl methyl sites for hydroxylation is 1. The highest BCUT2D eigenvalue weighted by molar-refractivity contribution is 8.01. The molecule has 0 aliphatic rings. The van der Waals surface area contributed by atoms with E-state index in [9.17, 15) is 9.59 Å². The highest BCUT2D eigenvalue weighted by Crippen LogP contribution is 2.30. The van der Waals surface area contributed by atoms with Crippen LogP contribution in [0.1, 0.15) is 16.1 Å². The van der Waals surface area contributed by atoms with E-state index in [2.05, 4.69) is 10.3 Å². The number of nitrogens with zero attached hydrogens (tertiary/aromatic N) is 1. The SMILES string of the molecule is Cc1nc(N)sc1SCC(=O)Nc1sccc1C(N)=O. The number of carbonyl (C=O) groups is 2. The number of hydrogen-bond acceptors (Lipinski definition) is 7. The minimum Gasteiger partial charge on any atom is -0.375 e. The Balaban J connectivity index is 1.94. The number of hydrogen-bond donors (Lipinski definition) is 3. The first-order chi connectivity index (χ1) is 9.47. The van der Waals surface area contributed by atoms with Gasteiger partial charge in [0, 0.05) is 0 Å². The van der Waals surface area contributed by atoms with Crippen molar-refractivity contribution >= 4 is 56.4 Å². The lowest BCUT2D eigenvalue weighted by molar-refractivity contribution is -0.113. The van der Waals surface area contributed by atoms with Crippen molar-refractivity contribution < 1.29 is 9.59 Å². The highest BCUT2D eigenvalue weighted by Gasteiger charge is 2.14. The predicted molar refractivity (Wildman–Crippen MR) is 83.5 cm³/mol. The lowest BCUT2D eigenvalue weighted by atomic mass is 10.3. The fourth-order valence-corrected chi connectivity index (χ4v) is 4.06.